The maximum absolute atomic E-state index is 12.3. The molecule has 0 unspecified atom stereocenters. The van der Waals surface area contributed by atoms with E-state index in [2.05, 4.69) is 9.97 Å². The van der Waals surface area contributed by atoms with Crippen molar-refractivity contribution in [3.8, 4) is 5.75 Å². The normalized spacial score (nSPS) is 10.2. The van der Waals surface area contributed by atoms with Crippen LogP contribution in [0, 0.1) is 0 Å². The monoisotopic (exact) mass is 257 g/mol. The van der Waals surface area contributed by atoms with Crippen LogP contribution in [-0.4, -0.2) is 32.4 Å². The molecule has 0 saturated heterocycles. The first kappa shape index (κ1) is 13.0. The summed E-state index contributed by atoms with van der Waals surface area (Å²) in [5.74, 6) is -0.316. The van der Waals surface area contributed by atoms with Crippen molar-refractivity contribution in [2.45, 2.75) is 13.5 Å². The third-order valence-electron chi connectivity index (χ3n) is 2.80. The van der Waals surface area contributed by atoms with Gasteiger partial charge in [-0.1, -0.05) is 6.07 Å². The second-order valence-electron chi connectivity index (χ2n) is 4.07. The first-order chi connectivity index (χ1) is 9.22. The maximum Gasteiger partial charge on any atom is 0.258 e. The van der Waals surface area contributed by atoms with Crippen molar-refractivity contribution < 1.29 is 9.90 Å². The van der Waals surface area contributed by atoms with Crippen LogP contribution in [0.1, 0.15) is 22.8 Å². The Kier molecular flexibility index (Phi) is 4.07. The van der Waals surface area contributed by atoms with Gasteiger partial charge in [-0.05, 0) is 24.6 Å². The topological polar surface area (TPSA) is 66.3 Å². The van der Waals surface area contributed by atoms with Crippen molar-refractivity contribution in [1.29, 1.82) is 0 Å². The Morgan fingerprint density at radius 1 is 1.26 bits per heavy atom. The van der Waals surface area contributed by atoms with Crippen LogP contribution in [0.3, 0.4) is 0 Å². The molecule has 5 heteroatoms. The van der Waals surface area contributed by atoms with E-state index in [1.807, 2.05) is 19.1 Å². The van der Waals surface area contributed by atoms with E-state index in [1.54, 1.807) is 17.3 Å². The highest BCUT2D eigenvalue weighted by molar-refractivity contribution is 5.96. The van der Waals surface area contributed by atoms with E-state index in [0.29, 0.717) is 13.1 Å². The summed E-state index contributed by atoms with van der Waals surface area (Å²) in [5.41, 5.74) is 1.21. The van der Waals surface area contributed by atoms with Crippen LogP contribution in [0.2, 0.25) is 0 Å². The molecule has 0 bridgehead atoms. The summed E-state index contributed by atoms with van der Waals surface area (Å²) in [4.78, 5) is 21.8. The lowest BCUT2D eigenvalue weighted by Crippen LogP contribution is -2.30. The van der Waals surface area contributed by atoms with Crippen LogP contribution in [0.4, 0.5) is 0 Å². The molecule has 2 heterocycles. The standard InChI is InChI=1S/C14H15N3O2/c1-2-17(10-11-4-3-6-15-8-11)14(19)12-5-7-16-9-13(12)18/h3-9,18H,2,10H2,1H3. The van der Waals surface area contributed by atoms with Gasteiger partial charge in [-0.25, -0.2) is 0 Å². The highest BCUT2D eigenvalue weighted by atomic mass is 16.3. The molecular formula is C14H15N3O2. The first-order valence-electron chi connectivity index (χ1n) is 6.03. The number of nitrogens with zero attached hydrogens (tertiary/aromatic N) is 3. The fraction of sp³-hybridized carbons (Fsp3) is 0.214. The number of carbonyl (C=O) groups excluding carboxylic acids is 1. The molecule has 5 nitrogen and oxygen atoms in total. The van der Waals surface area contributed by atoms with Crippen LogP contribution >= 0.6 is 0 Å². The average Bonchev–Trinajstić information content (AvgIpc) is 2.46. The smallest absolute Gasteiger partial charge is 0.258 e. The van der Waals surface area contributed by atoms with Gasteiger partial charge < -0.3 is 10.0 Å². The molecule has 0 atom stereocenters. The third-order valence-corrected chi connectivity index (χ3v) is 2.80. The molecule has 0 radical (unpaired) electrons. The summed E-state index contributed by atoms with van der Waals surface area (Å²) >= 11 is 0. The van der Waals surface area contributed by atoms with E-state index in [-0.39, 0.29) is 17.2 Å². The van der Waals surface area contributed by atoms with Crippen molar-refractivity contribution in [2.24, 2.45) is 0 Å². The number of pyridine rings is 2. The maximum atomic E-state index is 12.3. The lowest BCUT2D eigenvalue weighted by molar-refractivity contribution is 0.0749. The van der Waals surface area contributed by atoms with E-state index in [4.69, 9.17) is 0 Å². The number of aromatic hydroxyl groups is 1. The molecule has 0 aliphatic carbocycles. The molecule has 1 amide bonds. The van der Waals surface area contributed by atoms with Crippen LogP contribution in [0.15, 0.2) is 43.0 Å². The largest absolute Gasteiger partial charge is 0.505 e. The van der Waals surface area contributed by atoms with Gasteiger partial charge >= 0.3 is 0 Å². The summed E-state index contributed by atoms with van der Waals surface area (Å²) in [6.45, 7) is 2.91. The quantitative estimate of drug-likeness (QED) is 0.907. The lowest BCUT2D eigenvalue weighted by atomic mass is 10.2. The fourth-order valence-electron chi connectivity index (χ4n) is 1.78. The van der Waals surface area contributed by atoms with Crippen molar-refractivity contribution in [3.05, 3.63) is 54.1 Å². The molecule has 98 valence electrons. The van der Waals surface area contributed by atoms with Crippen LogP contribution in [0.5, 0.6) is 5.75 Å². The zero-order chi connectivity index (χ0) is 13.7. The van der Waals surface area contributed by atoms with Gasteiger partial charge in [0.05, 0.1) is 11.8 Å². The van der Waals surface area contributed by atoms with Gasteiger partial charge in [0.25, 0.3) is 5.91 Å². The summed E-state index contributed by atoms with van der Waals surface area (Å²) in [6, 6.07) is 5.26. The number of rotatable bonds is 4. The van der Waals surface area contributed by atoms with Gasteiger partial charge in [0.2, 0.25) is 0 Å². The van der Waals surface area contributed by atoms with E-state index in [9.17, 15) is 9.90 Å². The van der Waals surface area contributed by atoms with Gasteiger partial charge in [0, 0.05) is 31.7 Å². The molecule has 2 rings (SSSR count). The van der Waals surface area contributed by atoms with Gasteiger partial charge in [-0.3, -0.25) is 14.8 Å². The van der Waals surface area contributed by atoms with Gasteiger partial charge in [0.15, 0.2) is 0 Å². The number of carbonyl (C=O) groups is 1. The highest BCUT2D eigenvalue weighted by Gasteiger charge is 2.17. The van der Waals surface area contributed by atoms with E-state index < -0.39 is 0 Å². The summed E-state index contributed by atoms with van der Waals surface area (Å²) in [5, 5.41) is 9.67. The Bertz CT molecular complexity index is 558. The molecule has 0 aromatic carbocycles. The predicted molar refractivity (Wildman–Crippen MR) is 70.6 cm³/mol. The first-order valence-corrected chi connectivity index (χ1v) is 6.03. The third kappa shape index (κ3) is 3.07. The van der Waals surface area contributed by atoms with Crippen molar-refractivity contribution in [3.63, 3.8) is 0 Å². The molecule has 2 aromatic heterocycles. The molecule has 0 aliphatic heterocycles. The number of hydrogen-bond donors (Lipinski definition) is 1. The van der Waals surface area contributed by atoms with Crippen molar-refractivity contribution >= 4 is 5.91 Å². The number of aromatic nitrogens is 2. The lowest BCUT2D eigenvalue weighted by Gasteiger charge is -2.21. The zero-order valence-electron chi connectivity index (χ0n) is 10.7. The molecule has 0 spiro atoms. The minimum Gasteiger partial charge on any atom is -0.505 e. The molecule has 0 aliphatic rings. The summed E-state index contributed by atoms with van der Waals surface area (Å²) < 4.78 is 0. The van der Waals surface area contributed by atoms with Gasteiger partial charge in [-0.2, -0.15) is 0 Å². The minimum atomic E-state index is -0.216. The summed E-state index contributed by atoms with van der Waals surface area (Å²) in [6.07, 6.45) is 6.18. The molecule has 19 heavy (non-hydrogen) atoms. The Balaban J connectivity index is 2.18. The minimum absolute atomic E-state index is 0.0999. The Morgan fingerprint density at radius 2 is 2.05 bits per heavy atom. The van der Waals surface area contributed by atoms with Crippen molar-refractivity contribution in [2.75, 3.05) is 6.54 Å². The second-order valence-corrected chi connectivity index (χ2v) is 4.07. The summed E-state index contributed by atoms with van der Waals surface area (Å²) in [7, 11) is 0. The molecular weight excluding hydrogens is 242 g/mol. The van der Waals surface area contributed by atoms with Crippen LogP contribution in [-0.2, 0) is 6.54 Å². The highest BCUT2D eigenvalue weighted by Crippen LogP contribution is 2.17. The molecule has 0 fully saturated rings. The Morgan fingerprint density at radius 3 is 2.68 bits per heavy atom. The second kappa shape index (κ2) is 5.95. The SMILES string of the molecule is CCN(Cc1cccnc1)C(=O)c1ccncc1O. The average molecular weight is 257 g/mol. The Labute approximate surface area is 111 Å². The molecule has 0 saturated carbocycles. The van der Waals surface area contributed by atoms with Crippen molar-refractivity contribution in [1.82, 2.24) is 14.9 Å². The van der Waals surface area contributed by atoms with Gasteiger partial charge in [-0.15, -0.1) is 0 Å². The van der Waals surface area contributed by atoms with Crippen LogP contribution in [0.25, 0.3) is 0 Å². The Hall–Kier alpha value is -2.43. The van der Waals surface area contributed by atoms with E-state index in [0.717, 1.165) is 5.56 Å². The van der Waals surface area contributed by atoms with E-state index in [1.165, 1.54) is 18.5 Å². The zero-order valence-corrected chi connectivity index (χ0v) is 10.7. The van der Waals surface area contributed by atoms with Crippen LogP contribution < -0.4 is 0 Å². The number of hydrogen-bond acceptors (Lipinski definition) is 4. The predicted octanol–water partition coefficient (Wildman–Crippen LogP) is 1.84. The molecule has 1 N–H and O–H groups in total. The molecule has 2 aromatic rings. The number of amides is 1. The van der Waals surface area contributed by atoms with E-state index >= 15 is 0 Å². The van der Waals surface area contributed by atoms with Gasteiger partial charge in [0.1, 0.15) is 5.75 Å². The fourth-order valence-corrected chi connectivity index (χ4v) is 1.78.